The van der Waals surface area contributed by atoms with E-state index in [-0.39, 0.29) is 20.5 Å². The Morgan fingerprint density at radius 2 is 1.81 bits per heavy atom. The van der Waals surface area contributed by atoms with E-state index in [4.69, 9.17) is 12.2 Å². The predicted molar refractivity (Wildman–Crippen MR) is 102 cm³/mol. The van der Waals surface area contributed by atoms with Crippen LogP contribution >= 0.6 is 24.0 Å². The van der Waals surface area contributed by atoms with E-state index in [0.29, 0.717) is 5.56 Å². The van der Waals surface area contributed by atoms with Crippen LogP contribution in [0.4, 0.5) is 10.1 Å². The minimum atomic E-state index is -0.635. The zero-order valence-corrected chi connectivity index (χ0v) is 15.1. The largest absolute Gasteiger partial charge is 0.285 e. The number of hydrogen-bond donors (Lipinski definition) is 1. The molecule has 2 aromatic carbocycles. The molecule has 1 fully saturated rings. The molecular weight excluding hydrogens is 393 g/mol. The number of nitro groups is 1. The molecule has 0 atom stereocenters. The van der Waals surface area contributed by atoms with Crippen LogP contribution in [0, 0.1) is 15.9 Å². The molecule has 0 aromatic heterocycles. The third-order valence-corrected chi connectivity index (χ3v) is 4.82. The SMILES string of the molecule is O=C(NN1C(=O)/C(=C\c2ccc(F)cc2)SC1=S)c1ccc([N+](=O)[O-])cc1. The minimum Gasteiger partial charge on any atom is -0.267 e. The Morgan fingerprint density at radius 1 is 1.19 bits per heavy atom. The van der Waals surface area contributed by atoms with Crippen LogP contribution < -0.4 is 5.43 Å². The van der Waals surface area contributed by atoms with Crippen LogP contribution in [0.2, 0.25) is 0 Å². The van der Waals surface area contributed by atoms with Gasteiger partial charge in [-0.05, 0) is 48.1 Å². The van der Waals surface area contributed by atoms with Gasteiger partial charge in [0, 0.05) is 17.7 Å². The molecule has 2 aromatic rings. The predicted octanol–water partition coefficient (Wildman–Crippen LogP) is 3.28. The molecule has 0 bridgehead atoms. The number of rotatable bonds is 4. The lowest BCUT2D eigenvalue weighted by Crippen LogP contribution is -2.44. The van der Waals surface area contributed by atoms with Gasteiger partial charge < -0.3 is 0 Å². The molecule has 1 saturated heterocycles. The highest BCUT2D eigenvalue weighted by atomic mass is 32.2. The second-order valence-corrected chi connectivity index (χ2v) is 6.99. The summed E-state index contributed by atoms with van der Waals surface area (Å²) in [4.78, 5) is 35.1. The summed E-state index contributed by atoms with van der Waals surface area (Å²) < 4.78 is 13.1. The number of carbonyl (C=O) groups excluding carboxylic acids is 2. The number of thioether (sulfide) groups is 1. The average Bonchev–Trinajstić information content (AvgIpc) is 2.91. The number of nitro benzene ring substituents is 1. The molecule has 0 saturated carbocycles. The molecule has 0 radical (unpaired) electrons. The fourth-order valence-electron chi connectivity index (χ4n) is 2.18. The summed E-state index contributed by atoms with van der Waals surface area (Å²) in [6.45, 7) is 0. The highest BCUT2D eigenvalue weighted by Gasteiger charge is 2.33. The number of nitrogens with one attached hydrogen (secondary N) is 1. The molecule has 0 unspecified atom stereocenters. The Hall–Kier alpha value is -3.11. The fraction of sp³-hybridized carbons (Fsp3) is 0. The van der Waals surface area contributed by atoms with Crippen molar-refractivity contribution in [1.82, 2.24) is 10.4 Å². The molecule has 0 aliphatic carbocycles. The molecule has 1 aliphatic heterocycles. The number of thiocarbonyl (C=S) groups is 1. The first-order chi connectivity index (χ1) is 12.8. The van der Waals surface area contributed by atoms with Crippen molar-refractivity contribution in [3.8, 4) is 0 Å². The maximum absolute atomic E-state index is 13.0. The molecule has 7 nitrogen and oxygen atoms in total. The van der Waals surface area contributed by atoms with Gasteiger partial charge in [0.25, 0.3) is 17.5 Å². The van der Waals surface area contributed by atoms with Gasteiger partial charge in [-0.25, -0.2) is 4.39 Å². The van der Waals surface area contributed by atoms with Gasteiger partial charge in [0.2, 0.25) is 0 Å². The number of benzene rings is 2. The number of non-ortho nitro benzene ring substituents is 1. The first kappa shape index (κ1) is 18.7. The summed E-state index contributed by atoms with van der Waals surface area (Å²) in [7, 11) is 0. The lowest BCUT2D eigenvalue weighted by Gasteiger charge is -2.15. The Morgan fingerprint density at radius 3 is 2.41 bits per heavy atom. The first-order valence-electron chi connectivity index (χ1n) is 7.44. The Kier molecular flexibility index (Phi) is 5.28. The molecule has 3 rings (SSSR count). The van der Waals surface area contributed by atoms with Crippen molar-refractivity contribution < 1.29 is 18.9 Å². The van der Waals surface area contributed by atoms with Crippen molar-refractivity contribution >= 4 is 51.9 Å². The number of nitrogens with zero attached hydrogens (tertiary/aromatic N) is 2. The van der Waals surface area contributed by atoms with E-state index in [1.165, 1.54) is 54.6 Å². The summed E-state index contributed by atoms with van der Waals surface area (Å²) in [5, 5.41) is 11.6. The standard InChI is InChI=1S/C17H10FN3O4S2/c18-12-5-1-10(2-6-12)9-14-16(23)20(17(26)27-14)19-15(22)11-3-7-13(8-4-11)21(24)25/h1-9H,(H,19,22)/b14-9+. The fourth-order valence-corrected chi connectivity index (χ4v) is 3.35. The molecule has 1 aliphatic rings. The number of hydrogen-bond acceptors (Lipinski definition) is 6. The van der Waals surface area contributed by atoms with Gasteiger partial charge >= 0.3 is 0 Å². The van der Waals surface area contributed by atoms with Gasteiger partial charge in [0.05, 0.1) is 9.83 Å². The van der Waals surface area contributed by atoms with Crippen molar-refractivity contribution in [2.75, 3.05) is 0 Å². The molecule has 10 heteroatoms. The van der Waals surface area contributed by atoms with E-state index in [9.17, 15) is 24.1 Å². The zero-order valence-electron chi connectivity index (χ0n) is 13.4. The number of halogens is 1. The van der Waals surface area contributed by atoms with E-state index in [2.05, 4.69) is 5.43 Å². The number of amides is 2. The van der Waals surface area contributed by atoms with Crippen LogP contribution in [-0.4, -0.2) is 26.1 Å². The van der Waals surface area contributed by atoms with Crippen LogP contribution in [0.25, 0.3) is 6.08 Å². The van der Waals surface area contributed by atoms with Crippen molar-refractivity contribution in [3.63, 3.8) is 0 Å². The smallest absolute Gasteiger partial charge is 0.267 e. The quantitative estimate of drug-likeness (QED) is 0.365. The normalized spacial score (nSPS) is 15.3. The van der Waals surface area contributed by atoms with Crippen molar-refractivity contribution in [1.29, 1.82) is 0 Å². The zero-order chi connectivity index (χ0) is 19.6. The first-order valence-corrected chi connectivity index (χ1v) is 8.66. The summed E-state index contributed by atoms with van der Waals surface area (Å²) in [6.07, 6.45) is 1.54. The van der Waals surface area contributed by atoms with Gasteiger partial charge in [-0.1, -0.05) is 23.9 Å². The molecule has 1 heterocycles. The lowest BCUT2D eigenvalue weighted by molar-refractivity contribution is -0.384. The Labute approximate surface area is 162 Å². The lowest BCUT2D eigenvalue weighted by atomic mass is 10.2. The number of carbonyl (C=O) groups is 2. The molecule has 1 N–H and O–H groups in total. The highest BCUT2D eigenvalue weighted by molar-refractivity contribution is 8.26. The molecule has 27 heavy (non-hydrogen) atoms. The maximum atomic E-state index is 13.0. The summed E-state index contributed by atoms with van der Waals surface area (Å²) >= 11 is 6.11. The number of hydrazine groups is 1. The monoisotopic (exact) mass is 403 g/mol. The van der Waals surface area contributed by atoms with Gasteiger partial charge in [-0.3, -0.25) is 25.1 Å². The highest BCUT2D eigenvalue weighted by Crippen LogP contribution is 2.31. The van der Waals surface area contributed by atoms with Crippen molar-refractivity contribution in [2.45, 2.75) is 0 Å². The van der Waals surface area contributed by atoms with E-state index < -0.39 is 22.6 Å². The Balaban J connectivity index is 1.74. The van der Waals surface area contributed by atoms with Gasteiger partial charge in [-0.2, -0.15) is 5.01 Å². The van der Waals surface area contributed by atoms with E-state index in [1.807, 2.05) is 0 Å². The molecule has 136 valence electrons. The average molecular weight is 403 g/mol. The van der Waals surface area contributed by atoms with E-state index in [1.54, 1.807) is 0 Å². The summed E-state index contributed by atoms with van der Waals surface area (Å²) in [5.41, 5.74) is 2.97. The third-order valence-electron chi connectivity index (χ3n) is 3.52. The second-order valence-electron chi connectivity index (χ2n) is 5.31. The summed E-state index contributed by atoms with van der Waals surface area (Å²) in [6, 6.07) is 10.5. The molecule has 0 spiro atoms. The van der Waals surface area contributed by atoms with E-state index in [0.717, 1.165) is 16.8 Å². The van der Waals surface area contributed by atoms with Gasteiger partial charge in [-0.15, -0.1) is 0 Å². The van der Waals surface area contributed by atoms with Crippen LogP contribution in [-0.2, 0) is 4.79 Å². The van der Waals surface area contributed by atoms with Crippen molar-refractivity contribution in [3.05, 3.63) is 80.5 Å². The van der Waals surface area contributed by atoms with Crippen LogP contribution in [0.1, 0.15) is 15.9 Å². The molecular formula is C17H10FN3O4S2. The Bertz CT molecular complexity index is 975. The maximum Gasteiger partial charge on any atom is 0.285 e. The van der Waals surface area contributed by atoms with Crippen molar-refractivity contribution in [2.24, 2.45) is 0 Å². The van der Waals surface area contributed by atoms with Gasteiger partial charge in [0.1, 0.15) is 5.82 Å². The molecule has 2 amide bonds. The third kappa shape index (κ3) is 4.18. The summed E-state index contributed by atoms with van der Waals surface area (Å²) in [5.74, 6) is -1.55. The van der Waals surface area contributed by atoms with Crippen LogP contribution in [0.3, 0.4) is 0 Å². The van der Waals surface area contributed by atoms with Gasteiger partial charge in [0.15, 0.2) is 4.32 Å². The van der Waals surface area contributed by atoms with Crippen LogP contribution in [0.15, 0.2) is 53.4 Å². The topological polar surface area (TPSA) is 92.6 Å². The second kappa shape index (κ2) is 7.64. The van der Waals surface area contributed by atoms with E-state index >= 15 is 0 Å². The van der Waals surface area contributed by atoms with Crippen LogP contribution in [0.5, 0.6) is 0 Å². The minimum absolute atomic E-state index is 0.128.